The fourth-order valence-electron chi connectivity index (χ4n) is 2.52. The van der Waals surface area contributed by atoms with Crippen LogP contribution >= 0.6 is 0 Å². The highest BCUT2D eigenvalue weighted by Crippen LogP contribution is 2.31. The van der Waals surface area contributed by atoms with Gasteiger partial charge in [-0.15, -0.1) is 0 Å². The van der Waals surface area contributed by atoms with E-state index in [0.29, 0.717) is 31.8 Å². The third-order valence-electron chi connectivity index (χ3n) is 3.90. The first-order valence-corrected chi connectivity index (χ1v) is 7.32. The summed E-state index contributed by atoms with van der Waals surface area (Å²) in [6, 6.07) is 0. The highest BCUT2D eigenvalue weighted by Gasteiger charge is 2.36. The summed E-state index contributed by atoms with van der Waals surface area (Å²) in [6.07, 6.45) is 2.64. The van der Waals surface area contributed by atoms with Crippen molar-refractivity contribution < 1.29 is 19.4 Å². The number of hydrogen-bond acceptors (Lipinski definition) is 4. The number of carbonyl (C=O) groups is 2. The Hall–Kier alpha value is -1.14. The second-order valence-corrected chi connectivity index (χ2v) is 5.83. The molecule has 2 fully saturated rings. The van der Waals surface area contributed by atoms with Gasteiger partial charge >= 0.3 is 0 Å². The van der Waals surface area contributed by atoms with Crippen LogP contribution in [-0.4, -0.2) is 61.3 Å². The fourth-order valence-corrected chi connectivity index (χ4v) is 2.52. The van der Waals surface area contributed by atoms with Gasteiger partial charge in [-0.2, -0.15) is 0 Å². The molecule has 0 aromatic carbocycles. The molecule has 114 valence electrons. The van der Waals surface area contributed by atoms with E-state index in [9.17, 15) is 14.7 Å². The smallest absolute Gasteiger partial charge is 0.225 e. The molecule has 2 atom stereocenters. The molecule has 0 spiro atoms. The summed E-state index contributed by atoms with van der Waals surface area (Å²) in [5.74, 6) is 0.434. The van der Waals surface area contributed by atoms with Gasteiger partial charge in [-0.3, -0.25) is 9.59 Å². The van der Waals surface area contributed by atoms with E-state index >= 15 is 0 Å². The van der Waals surface area contributed by atoms with Crippen molar-refractivity contribution in [3.8, 4) is 0 Å². The Kier molecular flexibility index (Phi) is 5.37. The number of rotatable bonds is 8. The van der Waals surface area contributed by atoms with Crippen LogP contribution in [0.3, 0.4) is 0 Å². The Balaban J connectivity index is 1.66. The predicted molar refractivity (Wildman–Crippen MR) is 72.9 cm³/mol. The SMILES string of the molecule is COCC(O)CCNC(=O)C1CC(=O)N(CC2CC2)C1. The minimum atomic E-state index is -0.558. The van der Waals surface area contributed by atoms with Crippen molar-refractivity contribution in [1.82, 2.24) is 10.2 Å². The summed E-state index contributed by atoms with van der Waals surface area (Å²) in [5.41, 5.74) is 0. The van der Waals surface area contributed by atoms with Crippen LogP contribution in [-0.2, 0) is 14.3 Å². The summed E-state index contributed by atoms with van der Waals surface area (Å²) in [4.78, 5) is 25.6. The molecule has 2 rings (SSSR count). The van der Waals surface area contributed by atoms with Crippen molar-refractivity contribution in [2.75, 3.05) is 33.4 Å². The van der Waals surface area contributed by atoms with Crippen LogP contribution in [0.25, 0.3) is 0 Å². The van der Waals surface area contributed by atoms with E-state index in [1.807, 2.05) is 4.90 Å². The van der Waals surface area contributed by atoms with Gasteiger partial charge < -0.3 is 20.1 Å². The van der Waals surface area contributed by atoms with Crippen LogP contribution in [0.2, 0.25) is 0 Å². The van der Waals surface area contributed by atoms with Crippen LogP contribution in [0.1, 0.15) is 25.7 Å². The quantitative estimate of drug-likeness (QED) is 0.645. The molecule has 1 aliphatic heterocycles. The van der Waals surface area contributed by atoms with E-state index in [2.05, 4.69) is 5.32 Å². The number of aliphatic hydroxyl groups is 1. The zero-order valence-electron chi connectivity index (χ0n) is 12.0. The topological polar surface area (TPSA) is 78.9 Å². The first kappa shape index (κ1) is 15.3. The number of ether oxygens (including phenoxy) is 1. The molecular formula is C14H24N2O4. The van der Waals surface area contributed by atoms with Crippen LogP contribution in [0.4, 0.5) is 0 Å². The average molecular weight is 284 g/mol. The maximum Gasteiger partial charge on any atom is 0.225 e. The Bertz CT molecular complexity index is 357. The molecule has 2 amide bonds. The molecule has 2 N–H and O–H groups in total. The maximum atomic E-state index is 12.0. The molecule has 0 aromatic heterocycles. The third-order valence-corrected chi connectivity index (χ3v) is 3.90. The molecule has 1 aliphatic carbocycles. The summed E-state index contributed by atoms with van der Waals surface area (Å²) < 4.78 is 4.82. The molecule has 20 heavy (non-hydrogen) atoms. The number of nitrogens with zero attached hydrogens (tertiary/aromatic N) is 1. The molecule has 1 saturated carbocycles. The van der Waals surface area contributed by atoms with Gasteiger partial charge in [0.05, 0.1) is 18.6 Å². The van der Waals surface area contributed by atoms with Crippen molar-refractivity contribution in [2.45, 2.75) is 31.8 Å². The number of nitrogens with one attached hydrogen (secondary N) is 1. The third kappa shape index (κ3) is 4.45. The minimum absolute atomic E-state index is 0.0822. The van der Waals surface area contributed by atoms with E-state index in [1.54, 1.807) is 0 Å². The van der Waals surface area contributed by atoms with Crippen LogP contribution in [0.15, 0.2) is 0 Å². The lowest BCUT2D eigenvalue weighted by Gasteiger charge is -2.16. The number of amides is 2. The number of carbonyl (C=O) groups excluding carboxylic acids is 2. The Morgan fingerprint density at radius 2 is 2.30 bits per heavy atom. The van der Waals surface area contributed by atoms with Gasteiger partial charge in [0.2, 0.25) is 11.8 Å². The van der Waals surface area contributed by atoms with E-state index in [-0.39, 0.29) is 24.3 Å². The first-order valence-electron chi connectivity index (χ1n) is 7.32. The second-order valence-electron chi connectivity index (χ2n) is 5.83. The summed E-state index contributed by atoms with van der Waals surface area (Å²) >= 11 is 0. The molecule has 0 radical (unpaired) electrons. The second kappa shape index (κ2) is 7.04. The molecular weight excluding hydrogens is 260 g/mol. The van der Waals surface area contributed by atoms with Crippen molar-refractivity contribution in [3.63, 3.8) is 0 Å². The molecule has 1 heterocycles. The minimum Gasteiger partial charge on any atom is -0.391 e. The van der Waals surface area contributed by atoms with E-state index in [0.717, 1.165) is 6.54 Å². The average Bonchev–Trinajstić information content (AvgIpc) is 3.13. The van der Waals surface area contributed by atoms with Gasteiger partial charge in [-0.05, 0) is 25.2 Å². The van der Waals surface area contributed by atoms with Crippen LogP contribution in [0.5, 0.6) is 0 Å². The van der Waals surface area contributed by atoms with Crippen LogP contribution in [0, 0.1) is 11.8 Å². The Morgan fingerprint density at radius 3 is 2.95 bits per heavy atom. The lowest BCUT2D eigenvalue weighted by atomic mass is 10.1. The number of methoxy groups -OCH3 is 1. The standard InChI is InChI=1S/C14H24N2O4/c1-20-9-12(17)4-5-15-14(19)11-6-13(18)16(8-11)7-10-2-3-10/h10-12,17H,2-9H2,1H3,(H,15,19). The number of hydrogen-bond donors (Lipinski definition) is 2. The Labute approximate surface area is 119 Å². The van der Waals surface area contributed by atoms with Gasteiger partial charge in [0.1, 0.15) is 0 Å². The lowest BCUT2D eigenvalue weighted by Crippen LogP contribution is -2.35. The van der Waals surface area contributed by atoms with Crippen molar-refractivity contribution in [3.05, 3.63) is 0 Å². The van der Waals surface area contributed by atoms with E-state index in [1.165, 1.54) is 20.0 Å². The highest BCUT2D eigenvalue weighted by molar-refractivity contribution is 5.89. The van der Waals surface area contributed by atoms with Gasteiger partial charge in [0.15, 0.2) is 0 Å². The van der Waals surface area contributed by atoms with Gasteiger partial charge in [-0.25, -0.2) is 0 Å². The van der Waals surface area contributed by atoms with Gasteiger partial charge in [0, 0.05) is 33.2 Å². The largest absolute Gasteiger partial charge is 0.391 e. The zero-order valence-corrected chi connectivity index (χ0v) is 12.0. The molecule has 0 bridgehead atoms. The normalized spacial score (nSPS) is 24.0. The van der Waals surface area contributed by atoms with E-state index in [4.69, 9.17) is 4.74 Å². The van der Waals surface area contributed by atoms with Crippen molar-refractivity contribution >= 4 is 11.8 Å². The van der Waals surface area contributed by atoms with Crippen molar-refractivity contribution in [2.24, 2.45) is 11.8 Å². The molecule has 1 saturated heterocycles. The summed E-state index contributed by atoms with van der Waals surface area (Å²) in [6.45, 7) is 2.04. The molecule has 2 aliphatic rings. The number of aliphatic hydroxyl groups excluding tert-OH is 1. The monoisotopic (exact) mass is 284 g/mol. The van der Waals surface area contributed by atoms with Gasteiger partial charge in [0.25, 0.3) is 0 Å². The fraction of sp³-hybridized carbons (Fsp3) is 0.857. The molecule has 0 aromatic rings. The zero-order chi connectivity index (χ0) is 14.5. The van der Waals surface area contributed by atoms with Crippen molar-refractivity contribution in [1.29, 1.82) is 0 Å². The number of likely N-dealkylation sites (tertiary alicyclic amines) is 1. The molecule has 6 nitrogen and oxygen atoms in total. The van der Waals surface area contributed by atoms with E-state index < -0.39 is 6.10 Å². The Morgan fingerprint density at radius 1 is 1.55 bits per heavy atom. The predicted octanol–water partition coefficient (Wildman–Crippen LogP) is -0.241. The summed E-state index contributed by atoms with van der Waals surface area (Å²) in [7, 11) is 1.53. The summed E-state index contributed by atoms with van der Waals surface area (Å²) in [5, 5.41) is 12.3. The molecule has 6 heteroatoms. The highest BCUT2D eigenvalue weighted by atomic mass is 16.5. The maximum absolute atomic E-state index is 12.0. The molecule has 2 unspecified atom stereocenters. The lowest BCUT2D eigenvalue weighted by molar-refractivity contribution is -0.129. The van der Waals surface area contributed by atoms with Gasteiger partial charge in [-0.1, -0.05) is 0 Å². The first-order chi connectivity index (χ1) is 9.60. The van der Waals surface area contributed by atoms with Crippen LogP contribution < -0.4 is 5.32 Å².